The van der Waals surface area contributed by atoms with Crippen molar-refractivity contribution in [3.05, 3.63) is 0 Å². The van der Waals surface area contributed by atoms with Gasteiger partial charge in [0.05, 0.1) is 6.10 Å². The first-order chi connectivity index (χ1) is 10.9. The highest BCUT2D eigenvalue weighted by molar-refractivity contribution is 5.87. The minimum Gasteiger partial charge on any atom is -0.393 e. The molecule has 4 saturated carbocycles. The Bertz CT molecular complexity index is 518. The minimum absolute atomic E-state index is 0.0553. The summed E-state index contributed by atoms with van der Waals surface area (Å²) in [6.07, 6.45) is 9.88. The highest BCUT2D eigenvalue weighted by Gasteiger charge is 2.60. The third-order valence-electron chi connectivity index (χ3n) is 8.95. The van der Waals surface area contributed by atoms with Crippen molar-refractivity contribution in [3.63, 3.8) is 0 Å². The Morgan fingerprint density at radius 1 is 1.04 bits per heavy atom. The van der Waals surface area contributed by atoms with Crippen LogP contribution in [-0.2, 0) is 0 Å². The summed E-state index contributed by atoms with van der Waals surface area (Å²) in [5, 5.41) is 14.7. The Hall–Kier alpha value is -0.570. The first-order valence-electron chi connectivity index (χ1n) is 9.85. The third kappa shape index (κ3) is 2.08. The fourth-order valence-corrected chi connectivity index (χ4v) is 7.57. The zero-order chi connectivity index (χ0) is 16.4. The number of aliphatic hydroxyl groups is 1. The summed E-state index contributed by atoms with van der Waals surface area (Å²) >= 11 is 0. The van der Waals surface area contributed by atoms with E-state index in [4.69, 9.17) is 5.84 Å². The molecule has 4 fully saturated rings. The van der Waals surface area contributed by atoms with E-state index in [9.17, 15) is 5.11 Å². The van der Waals surface area contributed by atoms with E-state index in [0.29, 0.717) is 11.3 Å². The van der Waals surface area contributed by atoms with Gasteiger partial charge in [-0.2, -0.15) is 5.10 Å². The SMILES string of the molecule is C[C@H]1C[C@@]2(C)[C@@H](CC[C@H]3[C@H]2CC[C@]2(C)[C@@H]3CC[C@@H]2O)C/C1=N/N. The lowest BCUT2D eigenvalue weighted by Crippen LogP contribution is -2.55. The first-order valence-corrected chi connectivity index (χ1v) is 9.85. The maximum absolute atomic E-state index is 10.5. The Labute approximate surface area is 141 Å². The highest BCUT2D eigenvalue weighted by atomic mass is 16.3. The number of fused-ring (bicyclic) bond motifs is 5. The topological polar surface area (TPSA) is 58.6 Å². The summed E-state index contributed by atoms with van der Waals surface area (Å²) < 4.78 is 0. The average Bonchev–Trinajstić information content (AvgIpc) is 2.82. The van der Waals surface area contributed by atoms with Crippen LogP contribution in [0, 0.1) is 40.4 Å². The molecule has 3 heteroatoms. The number of nitrogens with two attached hydrogens (primary N) is 1. The molecule has 4 rings (SSSR count). The van der Waals surface area contributed by atoms with Gasteiger partial charge in [0.25, 0.3) is 0 Å². The largest absolute Gasteiger partial charge is 0.393 e. The molecular weight excluding hydrogens is 284 g/mol. The molecular formula is C20H34N2O. The van der Waals surface area contributed by atoms with Gasteiger partial charge in [-0.3, -0.25) is 0 Å². The Kier molecular flexibility index (Phi) is 3.61. The van der Waals surface area contributed by atoms with Crippen LogP contribution in [0.4, 0.5) is 0 Å². The van der Waals surface area contributed by atoms with Gasteiger partial charge in [0.15, 0.2) is 0 Å². The molecule has 0 aromatic carbocycles. The van der Waals surface area contributed by atoms with Gasteiger partial charge in [0, 0.05) is 5.71 Å². The predicted molar refractivity (Wildman–Crippen MR) is 93.9 cm³/mol. The van der Waals surface area contributed by atoms with Gasteiger partial charge in [-0.25, -0.2) is 0 Å². The molecule has 130 valence electrons. The number of rotatable bonds is 0. The van der Waals surface area contributed by atoms with Crippen LogP contribution < -0.4 is 5.84 Å². The molecule has 4 aliphatic rings. The first kappa shape index (κ1) is 15.9. The molecule has 3 nitrogen and oxygen atoms in total. The van der Waals surface area contributed by atoms with Crippen molar-refractivity contribution in [1.29, 1.82) is 0 Å². The van der Waals surface area contributed by atoms with E-state index in [1.165, 1.54) is 44.2 Å². The van der Waals surface area contributed by atoms with Gasteiger partial charge in [-0.1, -0.05) is 20.8 Å². The zero-order valence-electron chi connectivity index (χ0n) is 15.1. The second-order valence-corrected chi connectivity index (χ2v) is 9.72. The molecule has 0 unspecified atom stereocenters. The van der Waals surface area contributed by atoms with Crippen LogP contribution in [0.15, 0.2) is 5.10 Å². The quantitative estimate of drug-likeness (QED) is 0.525. The second-order valence-electron chi connectivity index (χ2n) is 9.72. The van der Waals surface area contributed by atoms with Crippen LogP contribution in [0.25, 0.3) is 0 Å². The normalized spacial score (nSPS) is 57.7. The van der Waals surface area contributed by atoms with Crippen molar-refractivity contribution < 1.29 is 5.11 Å². The highest BCUT2D eigenvalue weighted by Crippen LogP contribution is 2.66. The monoisotopic (exact) mass is 318 g/mol. The van der Waals surface area contributed by atoms with Crippen LogP contribution in [0.5, 0.6) is 0 Å². The smallest absolute Gasteiger partial charge is 0.0596 e. The molecule has 0 aromatic rings. The van der Waals surface area contributed by atoms with E-state index >= 15 is 0 Å². The van der Waals surface area contributed by atoms with Crippen LogP contribution >= 0.6 is 0 Å². The second kappa shape index (κ2) is 5.21. The van der Waals surface area contributed by atoms with E-state index in [1.54, 1.807) is 0 Å². The lowest BCUT2D eigenvalue weighted by molar-refractivity contribution is -0.116. The van der Waals surface area contributed by atoms with Gasteiger partial charge < -0.3 is 10.9 Å². The molecule has 3 N–H and O–H groups in total. The lowest BCUT2D eigenvalue weighted by atomic mass is 9.44. The average molecular weight is 319 g/mol. The molecule has 4 aliphatic carbocycles. The molecule has 0 spiro atoms. The standard InChI is InChI=1S/C20H34N2O/c1-12-11-20(3)13(10-17(12)22-21)4-5-14-15-6-7-18(23)19(15,2)9-8-16(14)20/h12-16,18,23H,4-11,21H2,1-3H3/b22-17-/t12-,13-,14+,15+,16+,18-,19+,20-/m0/s1. The number of hydrogen-bond acceptors (Lipinski definition) is 3. The Balaban J connectivity index is 1.63. The minimum atomic E-state index is -0.0553. The van der Waals surface area contributed by atoms with Crippen LogP contribution in [0.2, 0.25) is 0 Å². The predicted octanol–water partition coefficient (Wildman–Crippen LogP) is 3.95. The summed E-state index contributed by atoms with van der Waals surface area (Å²) in [4.78, 5) is 0. The summed E-state index contributed by atoms with van der Waals surface area (Å²) in [6.45, 7) is 7.28. The van der Waals surface area contributed by atoms with Gasteiger partial charge in [-0.15, -0.1) is 0 Å². The van der Waals surface area contributed by atoms with E-state index in [0.717, 1.165) is 36.5 Å². The number of hydrazone groups is 1. The van der Waals surface area contributed by atoms with E-state index < -0.39 is 0 Å². The van der Waals surface area contributed by atoms with Gasteiger partial charge in [0.1, 0.15) is 0 Å². The molecule has 8 atom stereocenters. The number of hydrogen-bond donors (Lipinski definition) is 2. The number of nitrogens with zero attached hydrogens (tertiary/aromatic N) is 1. The van der Waals surface area contributed by atoms with E-state index in [1.807, 2.05) is 0 Å². The fraction of sp³-hybridized carbons (Fsp3) is 0.950. The van der Waals surface area contributed by atoms with Crippen molar-refractivity contribution in [1.82, 2.24) is 0 Å². The molecule has 0 bridgehead atoms. The third-order valence-corrected chi connectivity index (χ3v) is 8.95. The number of aliphatic hydroxyl groups excluding tert-OH is 1. The van der Waals surface area contributed by atoms with E-state index in [-0.39, 0.29) is 11.5 Å². The summed E-state index contributed by atoms with van der Waals surface area (Å²) in [7, 11) is 0. The summed E-state index contributed by atoms with van der Waals surface area (Å²) in [6, 6.07) is 0. The van der Waals surface area contributed by atoms with Gasteiger partial charge in [0.2, 0.25) is 0 Å². The van der Waals surface area contributed by atoms with Gasteiger partial charge in [-0.05, 0) is 91.8 Å². The molecule has 0 aliphatic heterocycles. The van der Waals surface area contributed by atoms with Crippen molar-refractivity contribution in [3.8, 4) is 0 Å². The van der Waals surface area contributed by atoms with Gasteiger partial charge >= 0.3 is 0 Å². The molecule has 23 heavy (non-hydrogen) atoms. The van der Waals surface area contributed by atoms with Crippen molar-refractivity contribution in [2.24, 2.45) is 51.4 Å². The van der Waals surface area contributed by atoms with Crippen LogP contribution in [-0.4, -0.2) is 16.9 Å². The van der Waals surface area contributed by atoms with Crippen LogP contribution in [0.3, 0.4) is 0 Å². The van der Waals surface area contributed by atoms with Crippen molar-refractivity contribution >= 4 is 5.71 Å². The molecule has 0 heterocycles. The molecule has 0 saturated heterocycles. The zero-order valence-corrected chi connectivity index (χ0v) is 15.1. The molecule has 0 amide bonds. The van der Waals surface area contributed by atoms with Crippen molar-refractivity contribution in [2.45, 2.75) is 78.2 Å². The van der Waals surface area contributed by atoms with E-state index in [2.05, 4.69) is 25.9 Å². The van der Waals surface area contributed by atoms with Crippen molar-refractivity contribution in [2.75, 3.05) is 0 Å². The summed E-state index contributed by atoms with van der Waals surface area (Å²) in [5.74, 6) is 9.43. The fourth-order valence-electron chi connectivity index (χ4n) is 7.57. The maximum Gasteiger partial charge on any atom is 0.0596 e. The maximum atomic E-state index is 10.5. The Morgan fingerprint density at radius 2 is 1.78 bits per heavy atom. The molecule has 0 radical (unpaired) electrons. The van der Waals surface area contributed by atoms with Crippen LogP contribution in [0.1, 0.15) is 72.1 Å². The molecule has 0 aromatic heterocycles. The lowest BCUT2D eigenvalue weighted by Gasteiger charge is -2.61. The summed E-state index contributed by atoms with van der Waals surface area (Å²) in [5.41, 5.74) is 1.92. The Morgan fingerprint density at radius 3 is 2.52 bits per heavy atom.